The number of amides is 1. The highest BCUT2D eigenvalue weighted by Gasteiger charge is 2.21. The van der Waals surface area contributed by atoms with E-state index < -0.39 is 5.97 Å². The average Bonchev–Trinajstić information content (AvgIpc) is 2.99. The number of hydrogen-bond acceptors (Lipinski definition) is 6. The monoisotopic (exact) mass is 410 g/mol. The second kappa shape index (κ2) is 9.19. The maximum atomic E-state index is 12.2. The standard InChI is InChI=1S/C19H23ClN2O4S/c1-5-19(3,4)22-15(23)10-26-18(24)17-12(2)21-16(27-17)11-25-14-8-6-13(20)7-9-14/h6-9H,5,10-11H2,1-4H3,(H,22,23). The molecule has 0 unspecified atom stereocenters. The Morgan fingerprint density at radius 2 is 1.93 bits per heavy atom. The molecule has 0 aliphatic heterocycles. The number of carbonyl (C=O) groups is 2. The van der Waals surface area contributed by atoms with E-state index in [4.69, 9.17) is 21.1 Å². The van der Waals surface area contributed by atoms with Crippen LogP contribution in [-0.2, 0) is 16.1 Å². The third-order valence-electron chi connectivity index (χ3n) is 3.90. The largest absolute Gasteiger partial charge is 0.486 e. The molecule has 27 heavy (non-hydrogen) atoms. The second-order valence-electron chi connectivity index (χ2n) is 6.63. The molecule has 1 aromatic carbocycles. The van der Waals surface area contributed by atoms with Gasteiger partial charge in [-0.05, 0) is 51.5 Å². The Morgan fingerprint density at radius 1 is 1.26 bits per heavy atom. The topological polar surface area (TPSA) is 77.5 Å². The number of nitrogens with zero attached hydrogens (tertiary/aromatic N) is 1. The van der Waals surface area contributed by atoms with Crippen LogP contribution in [0, 0.1) is 6.92 Å². The molecule has 0 spiro atoms. The number of aryl methyl sites for hydroxylation is 1. The molecular weight excluding hydrogens is 388 g/mol. The van der Waals surface area contributed by atoms with Gasteiger partial charge < -0.3 is 14.8 Å². The van der Waals surface area contributed by atoms with Gasteiger partial charge in [0.15, 0.2) is 6.61 Å². The smallest absolute Gasteiger partial charge is 0.350 e. The molecule has 2 rings (SSSR count). The zero-order valence-corrected chi connectivity index (χ0v) is 17.4. The number of carbonyl (C=O) groups excluding carboxylic acids is 2. The molecule has 0 saturated carbocycles. The third-order valence-corrected chi connectivity index (χ3v) is 5.26. The second-order valence-corrected chi connectivity index (χ2v) is 8.15. The highest BCUT2D eigenvalue weighted by molar-refractivity contribution is 7.13. The van der Waals surface area contributed by atoms with Gasteiger partial charge in [0.05, 0.1) is 5.69 Å². The van der Waals surface area contributed by atoms with E-state index in [-0.39, 0.29) is 24.7 Å². The number of rotatable bonds is 8. The summed E-state index contributed by atoms with van der Waals surface area (Å²) in [5.41, 5.74) is 0.213. The van der Waals surface area contributed by atoms with E-state index >= 15 is 0 Å². The van der Waals surface area contributed by atoms with Gasteiger partial charge in [-0.1, -0.05) is 18.5 Å². The third kappa shape index (κ3) is 6.52. The molecule has 8 heteroatoms. The number of halogens is 1. The van der Waals surface area contributed by atoms with Crippen molar-refractivity contribution in [1.29, 1.82) is 0 Å². The Morgan fingerprint density at radius 3 is 2.56 bits per heavy atom. The van der Waals surface area contributed by atoms with Gasteiger partial charge in [0.25, 0.3) is 5.91 Å². The molecule has 0 bridgehead atoms. The number of thiazole rings is 1. The van der Waals surface area contributed by atoms with E-state index in [1.54, 1.807) is 31.2 Å². The summed E-state index contributed by atoms with van der Waals surface area (Å²) >= 11 is 7.03. The molecule has 0 fully saturated rings. The van der Waals surface area contributed by atoms with Crippen molar-refractivity contribution >= 4 is 34.8 Å². The van der Waals surface area contributed by atoms with Crippen LogP contribution in [0.1, 0.15) is 47.6 Å². The molecule has 0 saturated heterocycles. The van der Waals surface area contributed by atoms with Gasteiger partial charge in [-0.25, -0.2) is 9.78 Å². The van der Waals surface area contributed by atoms with Gasteiger partial charge in [-0.2, -0.15) is 0 Å². The zero-order chi connectivity index (χ0) is 20.0. The molecular formula is C19H23ClN2O4S. The first-order valence-electron chi connectivity index (χ1n) is 8.53. The molecule has 1 heterocycles. The van der Waals surface area contributed by atoms with Crippen molar-refractivity contribution in [3.8, 4) is 5.75 Å². The van der Waals surface area contributed by atoms with E-state index in [2.05, 4.69) is 10.3 Å². The first kappa shape index (κ1) is 21.2. The Labute approximate surface area is 167 Å². The molecule has 1 N–H and O–H groups in total. The molecule has 0 aliphatic carbocycles. The van der Waals surface area contributed by atoms with E-state index in [9.17, 15) is 9.59 Å². The number of esters is 1. The minimum Gasteiger partial charge on any atom is -0.486 e. The number of aromatic nitrogens is 1. The predicted molar refractivity (Wildman–Crippen MR) is 105 cm³/mol. The Kier molecular flexibility index (Phi) is 7.21. The van der Waals surface area contributed by atoms with Gasteiger partial charge in [-0.3, -0.25) is 4.79 Å². The van der Waals surface area contributed by atoms with Crippen molar-refractivity contribution in [1.82, 2.24) is 10.3 Å². The van der Waals surface area contributed by atoms with Crippen LogP contribution in [0.2, 0.25) is 5.02 Å². The fourth-order valence-electron chi connectivity index (χ4n) is 2.08. The van der Waals surface area contributed by atoms with Gasteiger partial charge in [-0.15, -0.1) is 11.3 Å². The van der Waals surface area contributed by atoms with Crippen LogP contribution in [0.25, 0.3) is 0 Å². The fraction of sp³-hybridized carbons (Fsp3) is 0.421. The van der Waals surface area contributed by atoms with E-state index in [1.807, 2.05) is 20.8 Å². The lowest BCUT2D eigenvalue weighted by atomic mass is 10.0. The van der Waals surface area contributed by atoms with Crippen molar-refractivity contribution in [2.45, 2.75) is 46.3 Å². The van der Waals surface area contributed by atoms with Gasteiger partial charge in [0.1, 0.15) is 22.2 Å². The normalized spacial score (nSPS) is 11.1. The van der Waals surface area contributed by atoms with Crippen molar-refractivity contribution < 1.29 is 19.1 Å². The molecule has 2 aromatic rings. The van der Waals surface area contributed by atoms with Crippen LogP contribution in [0.4, 0.5) is 0 Å². The minimum absolute atomic E-state index is 0.228. The summed E-state index contributed by atoms with van der Waals surface area (Å²) in [5.74, 6) is -0.234. The molecule has 0 atom stereocenters. The number of ether oxygens (including phenoxy) is 2. The maximum Gasteiger partial charge on any atom is 0.350 e. The molecule has 0 aliphatic rings. The summed E-state index contributed by atoms with van der Waals surface area (Å²) in [4.78, 5) is 28.8. The molecule has 6 nitrogen and oxygen atoms in total. The maximum absolute atomic E-state index is 12.2. The van der Waals surface area contributed by atoms with E-state index in [0.29, 0.717) is 26.4 Å². The lowest BCUT2D eigenvalue weighted by Crippen LogP contribution is -2.44. The Bertz CT molecular complexity index is 803. The summed E-state index contributed by atoms with van der Waals surface area (Å²) in [6.07, 6.45) is 0.775. The average molecular weight is 411 g/mol. The SMILES string of the molecule is CCC(C)(C)NC(=O)COC(=O)c1sc(COc2ccc(Cl)cc2)nc1C. The molecule has 1 amide bonds. The van der Waals surface area contributed by atoms with Crippen molar-refractivity contribution in [2.24, 2.45) is 0 Å². The van der Waals surface area contributed by atoms with Gasteiger partial charge in [0.2, 0.25) is 0 Å². The highest BCUT2D eigenvalue weighted by atomic mass is 35.5. The van der Waals surface area contributed by atoms with Crippen molar-refractivity contribution in [3.63, 3.8) is 0 Å². The van der Waals surface area contributed by atoms with Gasteiger partial charge >= 0.3 is 5.97 Å². The summed E-state index contributed by atoms with van der Waals surface area (Å²) in [7, 11) is 0. The highest BCUT2D eigenvalue weighted by Crippen LogP contribution is 2.22. The van der Waals surface area contributed by atoms with Crippen LogP contribution in [0.3, 0.4) is 0 Å². The van der Waals surface area contributed by atoms with Crippen molar-refractivity contribution in [3.05, 3.63) is 44.9 Å². The molecule has 0 radical (unpaired) electrons. The lowest BCUT2D eigenvalue weighted by molar-refractivity contribution is -0.125. The Hall–Kier alpha value is -2.12. The van der Waals surface area contributed by atoms with E-state index in [0.717, 1.165) is 6.42 Å². The zero-order valence-electron chi connectivity index (χ0n) is 15.8. The molecule has 1 aromatic heterocycles. The van der Waals surface area contributed by atoms with Crippen LogP contribution in [0.5, 0.6) is 5.75 Å². The minimum atomic E-state index is -0.563. The fourth-order valence-corrected chi connectivity index (χ4v) is 3.08. The van der Waals surface area contributed by atoms with E-state index in [1.165, 1.54) is 11.3 Å². The van der Waals surface area contributed by atoms with Crippen molar-refractivity contribution in [2.75, 3.05) is 6.61 Å². The number of benzene rings is 1. The molecule has 146 valence electrons. The van der Waals surface area contributed by atoms with Gasteiger partial charge in [0, 0.05) is 10.6 Å². The number of hydrogen-bond donors (Lipinski definition) is 1. The summed E-state index contributed by atoms with van der Waals surface area (Å²) < 4.78 is 10.7. The summed E-state index contributed by atoms with van der Waals surface area (Å²) in [5, 5.41) is 4.09. The summed E-state index contributed by atoms with van der Waals surface area (Å²) in [6, 6.07) is 6.98. The predicted octanol–water partition coefficient (Wildman–Crippen LogP) is 4.15. The number of nitrogens with one attached hydrogen (secondary N) is 1. The lowest BCUT2D eigenvalue weighted by Gasteiger charge is -2.24. The van der Waals surface area contributed by atoms with Crippen LogP contribution in [0.15, 0.2) is 24.3 Å². The van der Waals surface area contributed by atoms with Crippen LogP contribution < -0.4 is 10.1 Å². The van der Waals surface area contributed by atoms with Crippen LogP contribution >= 0.6 is 22.9 Å². The Balaban J connectivity index is 1.90. The quantitative estimate of drug-likeness (QED) is 0.661. The summed E-state index contributed by atoms with van der Waals surface area (Å²) in [6.45, 7) is 7.42. The first-order chi connectivity index (χ1) is 12.7. The van der Waals surface area contributed by atoms with Crippen LogP contribution in [-0.4, -0.2) is 29.0 Å². The first-order valence-corrected chi connectivity index (χ1v) is 9.72.